The van der Waals surface area contributed by atoms with Crippen molar-refractivity contribution in [1.82, 2.24) is 0 Å². The largest absolute Gasteiger partial charge is 0.510 e. The maximum Gasteiger partial charge on any atom is 0.275 e. The van der Waals surface area contributed by atoms with Crippen molar-refractivity contribution in [1.29, 1.82) is 0 Å². The van der Waals surface area contributed by atoms with Crippen molar-refractivity contribution in [3.63, 3.8) is 0 Å². The summed E-state index contributed by atoms with van der Waals surface area (Å²) in [5.74, 6) is -0.722. The van der Waals surface area contributed by atoms with Crippen molar-refractivity contribution in [2.24, 2.45) is 0 Å². The fourth-order valence-corrected chi connectivity index (χ4v) is 2.23. The molecular formula is C16H13Cl3N2O2. The topological polar surface area (TPSA) is 61.4 Å². The molecule has 0 spiro atoms. The molecule has 0 aliphatic rings. The molecule has 0 radical (unpaired) electrons. The molecule has 120 valence electrons. The summed E-state index contributed by atoms with van der Waals surface area (Å²) in [5.41, 5.74) is 0.939. The van der Waals surface area contributed by atoms with Gasteiger partial charge >= 0.3 is 0 Å². The number of amides is 1. The zero-order valence-electron chi connectivity index (χ0n) is 12.0. The van der Waals surface area contributed by atoms with E-state index in [-0.39, 0.29) is 11.5 Å². The maximum absolute atomic E-state index is 12.4. The SMILES string of the molecule is C/C(O)=C(\Nc1ccc(Cl)cc1)C(=O)Nc1cc(Cl)ccc1Cl. The maximum atomic E-state index is 12.4. The minimum absolute atomic E-state index is 0.0108. The normalized spacial score (nSPS) is 11.7. The number of allylic oxidation sites excluding steroid dienone is 1. The van der Waals surface area contributed by atoms with Gasteiger partial charge in [0.25, 0.3) is 5.91 Å². The number of halogens is 3. The summed E-state index contributed by atoms with van der Waals surface area (Å²) in [4.78, 5) is 12.4. The van der Waals surface area contributed by atoms with E-state index >= 15 is 0 Å². The minimum Gasteiger partial charge on any atom is -0.510 e. The van der Waals surface area contributed by atoms with Crippen LogP contribution in [0, 0.1) is 0 Å². The highest BCUT2D eigenvalue weighted by Crippen LogP contribution is 2.26. The van der Waals surface area contributed by atoms with Gasteiger partial charge in [-0.2, -0.15) is 0 Å². The van der Waals surface area contributed by atoms with Crippen LogP contribution in [0.5, 0.6) is 0 Å². The Morgan fingerprint density at radius 3 is 2.17 bits per heavy atom. The monoisotopic (exact) mass is 370 g/mol. The third kappa shape index (κ3) is 4.79. The van der Waals surface area contributed by atoms with E-state index in [1.165, 1.54) is 13.0 Å². The molecule has 0 saturated heterocycles. The minimum atomic E-state index is -0.552. The standard InChI is InChI=1S/C16H13Cl3N2O2/c1-9(22)15(20-12-5-2-10(17)3-6-12)16(23)21-14-8-11(18)4-7-13(14)19/h2-8,20,22H,1H3,(H,21,23)/b15-9+. The Bertz CT molecular complexity index is 754. The molecule has 0 aromatic heterocycles. The molecule has 2 aromatic rings. The van der Waals surface area contributed by atoms with Crippen LogP contribution in [-0.4, -0.2) is 11.0 Å². The Morgan fingerprint density at radius 1 is 0.957 bits per heavy atom. The molecule has 0 unspecified atom stereocenters. The Balaban J connectivity index is 2.21. The molecule has 1 amide bonds. The summed E-state index contributed by atoms with van der Waals surface area (Å²) in [7, 11) is 0. The molecule has 0 aliphatic heterocycles. The number of nitrogens with one attached hydrogen (secondary N) is 2. The second-order valence-electron chi connectivity index (χ2n) is 4.67. The predicted octanol–water partition coefficient (Wildman–Crippen LogP) is 5.49. The summed E-state index contributed by atoms with van der Waals surface area (Å²) in [6.45, 7) is 1.40. The number of hydrogen-bond donors (Lipinski definition) is 3. The van der Waals surface area contributed by atoms with E-state index in [1.807, 2.05) is 0 Å². The summed E-state index contributed by atoms with van der Waals surface area (Å²) in [5, 5.41) is 16.6. The summed E-state index contributed by atoms with van der Waals surface area (Å²) >= 11 is 17.7. The number of anilines is 2. The first-order valence-electron chi connectivity index (χ1n) is 6.55. The first-order valence-corrected chi connectivity index (χ1v) is 7.69. The van der Waals surface area contributed by atoms with Crippen LogP contribution in [0.2, 0.25) is 15.1 Å². The predicted molar refractivity (Wildman–Crippen MR) is 95.5 cm³/mol. The van der Waals surface area contributed by atoms with Gasteiger partial charge in [-0.25, -0.2) is 0 Å². The molecule has 3 N–H and O–H groups in total. The van der Waals surface area contributed by atoms with Crippen molar-refractivity contribution in [2.75, 3.05) is 10.6 Å². The van der Waals surface area contributed by atoms with Gasteiger partial charge < -0.3 is 15.7 Å². The van der Waals surface area contributed by atoms with Gasteiger partial charge in [0, 0.05) is 15.7 Å². The number of benzene rings is 2. The van der Waals surface area contributed by atoms with Gasteiger partial charge in [0.2, 0.25) is 0 Å². The smallest absolute Gasteiger partial charge is 0.275 e. The van der Waals surface area contributed by atoms with Crippen LogP contribution in [0.15, 0.2) is 53.9 Å². The van der Waals surface area contributed by atoms with Crippen molar-refractivity contribution < 1.29 is 9.90 Å². The summed E-state index contributed by atoms with van der Waals surface area (Å²) in [6.07, 6.45) is 0. The second kappa shape index (κ2) is 7.59. The van der Waals surface area contributed by atoms with Crippen molar-refractivity contribution in [2.45, 2.75) is 6.92 Å². The van der Waals surface area contributed by atoms with Gasteiger partial charge in [0.15, 0.2) is 0 Å². The van der Waals surface area contributed by atoms with Crippen molar-refractivity contribution in [3.8, 4) is 0 Å². The van der Waals surface area contributed by atoms with Crippen LogP contribution >= 0.6 is 34.8 Å². The van der Waals surface area contributed by atoms with Gasteiger partial charge in [0.1, 0.15) is 11.5 Å². The highest BCUT2D eigenvalue weighted by molar-refractivity contribution is 6.36. The van der Waals surface area contributed by atoms with E-state index in [0.29, 0.717) is 26.4 Å². The lowest BCUT2D eigenvalue weighted by molar-refractivity contribution is -0.112. The van der Waals surface area contributed by atoms with Gasteiger partial charge in [-0.15, -0.1) is 0 Å². The summed E-state index contributed by atoms with van der Waals surface area (Å²) < 4.78 is 0. The van der Waals surface area contributed by atoms with Gasteiger partial charge in [-0.3, -0.25) is 4.79 Å². The Labute approximate surface area is 148 Å². The Kier molecular flexibility index (Phi) is 5.77. The van der Waals surface area contributed by atoms with E-state index in [0.717, 1.165) is 0 Å². The number of carbonyl (C=O) groups excluding carboxylic acids is 1. The quantitative estimate of drug-likeness (QED) is 0.492. The Morgan fingerprint density at radius 2 is 1.57 bits per heavy atom. The highest BCUT2D eigenvalue weighted by Gasteiger charge is 2.15. The average molecular weight is 372 g/mol. The van der Waals surface area contributed by atoms with Crippen LogP contribution in [-0.2, 0) is 4.79 Å². The molecule has 23 heavy (non-hydrogen) atoms. The first kappa shape index (κ1) is 17.5. The number of carbonyl (C=O) groups is 1. The number of aliphatic hydroxyl groups excluding tert-OH is 1. The van der Waals surface area contributed by atoms with E-state index < -0.39 is 5.91 Å². The molecule has 2 aromatic carbocycles. The lowest BCUT2D eigenvalue weighted by Gasteiger charge is -2.13. The number of aliphatic hydroxyl groups is 1. The van der Waals surface area contributed by atoms with Gasteiger partial charge in [0.05, 0.1) is 10.7 Å². The third-order valence-corrected chi connectivity index (χ3v) is 3.70. The lowest BCUT2D eigenvalue weighted by Crippen LogP contribution is -2.21. The van der Waals surface area contributed by atoms with Crippen LogP contribution < -0.4 is 10.6 Å². The van der Waals surface area contributed by atoms with E-state index in [2.05, 4.69) is 10.6 Å². The fourth-order valence-electron chi connectivity index (χ4n) is 1.77. The zero-order valence-corrected chi connectivity index (χ0v) is 14.3. The molecule has 7 heteroatoms. The number of rotatable bonds is 4. The van der Waals surface area contributed by atoms with E-state index in [4.69, 9.17) is 34.8 Å². The zero-order chi connectivity index (χ0) is 17.0. The average Bonchev–Trinajstić information content (AvgIpc) is 2.50. The highest BCUT2D eigenvalue weighted by atomic mass is 35.5. The molecule has 0 fully saturated rings. The molecule has 0 aliphatic carbocycles. The summed E-state index contributed by atoms with van der Waals surface area (Å²) in [6, 6.07) is 11.4. The molecule has 2 rings (SSSR count). The molecule has 0 atom stereocenters. The van der Waals surface area contributed by atoms with Crippen molar-refractivity contribution in [3.05, 3.63) is 69.0 Å². The lowest BCUT2D eigenvalue weighted by atomic mass is 10.2. The molecule has 0 saturated carbocycles. The van der Waals surface area contributed by atoms with E-state index in [9.17, 15) is 9.90 Å². The first-order chi connectivity index (χ1) is 10.9. The molecule has 0 bridgehead atoms. The Hall–Kier alpha value is -1.88. The second-order valence-corrected chi connectivity index (χ2v) is 5.95. The molecule has 0 heterocycles. The van der Waals surface area contributed by atoms with Gasteiger partial charge in [-0.1, -0.05) is 34.8 Å². The van der Waals surface area contributed by atoms with Gasteiger partial charge in [-0.05, 0) is 49.4 Å². The fraction of sp³-hybridized carbons (Fsp3) is 0.0625. The molecular weight excluding hydrogens is 359 g/mol. The van der Waals surface area contributed by atoms with Crippen molar-refractivity contribution >= 4 is 52.1 Å². The number of hydrogen-bond acceptors (Lipinski definition) is 3. The van der Waals surface area contributed by atoms with Crippen LogP contribution in [0.25, 0.3) is 0 Å². The van der Waals surface area contributed by atoms with E-state index in [1.54, 1.807) is 36.4 Å². The van der Waals surface area contributed by atoms with Crippen LogP contribution in [0.3, 0.4) is 0 Å². The van der Waals surface area contributed by atoms with Crippen LogP contribution in [0.4, 0.5) is 11.4 Å². The van der Waals surface area contributed by atoms with Crippen LogP contribution in [0.1, 0.15) is 6.92 Å². The third-order valence-electron chi connectivity index (χ3n) is 2.88. The molecule has 4 nitrogen and oxygen atoms in total.